The number of anilines is 1. The molecule has 0 unspecified atom stereocenters. The maximum Gasteiger partial charge on any atom is 0.132 e. The van der Waals surface area contributed by atoms with Gasteiger partial charge in [-0.15, -0.1) is 0 Å². The zero-order chi connectivity index (χ0) is 15.1. The summed E-state index contributed by atoms with van der Waals surface area (Å²) in [5, 5.41) is 3.42. The average Bonchev–Trinajstić information content (AvgIpc) is 2.95. The summed E-state index contributed by atoms with van der Waals surface area (Å²) in [4.78, 5) is 13.4. The molecule has 5 nitrogen and oxygen atoms in total. The van der Waals surface area contributed by atoms with Crippen molar-refractivity contribution in [1.82, 2.24) is 19.5 Å². The first kappa shape index (κ1) is 15.5. The van der Waals surface area contributed by atoms with E-state index in [-0.39, 0.29) is 0 Å². The molecule has 0 saturated heterocycles. The van der Waals surface area contributed by atoms with Crippen molar-refractivity contribution in [2.75, 3.05) is 11.9 Å². The van der Waals surface area contributed by atoms with Gasteiger partial charge in [0.1, 0.15) is 18.0 Å². The predicted octanol–water partition coefficient (Wildman–Crippen LogP) is 3.06. The quantitative estimate of drug-likeness (QED) is 0.810. The lowest BCUT2D eigenvalue weighted by atomic mass is 10.1. The van der Waals surface area contributed by atoms with Crippen LogP contribution in [0, 0.1) is 0 Å². The third kappa shape index (κ3) is 3.80. The van der Waals surface area contributed by atoms with Crippen LogP contribution in [-0.4, -0.2) is 26.1 Å². The van der Waals surface area contributed by atoms with Crippen LogP contribution in [0.1, 0.15) is 50.7 Å². The molecule has 2 heterocycles. The number of hydrogen-bond acceptors (Lipinski definition) is 4. The van der Waals surface area contributed by atoms with Crippen LogP contribution in [0.25, 0.3) is 0 Å². The van der Waals surface area contributed by atoms with E-state index in [4.69, 9.17) is 0 Å². The third-order valence-corrected chi connectivity index (χ3v) is 3.54. The molecule has 0 saturated carbocycles. The van der Waals surface area contributed by atoms with Crippen LogP contribution in [0.5, 0.6) is 0 Å². The lowest BCUT2D eigenvalue weighted by Gasteiger charge is -2.14. The van der Waals surface area contributed by atoms with E-state index in [1.54, 1.807) is 6.33 Å². The molecule has 0 spiro atoms. The molecule has 5 heteroatoms. The number of hydrogen-bond donors (Lipinski definition) is 1. The average molecular weight is 287 g/mol. The first-order valence-electron chi connectivity index (χ1n) is 7.86. The Balaban J connectivity index is 2.29. The van der Waals surface area contributed by atoms with Gasteiger partial charge in [0.15, 0.2) is 0 Å². The van der Waals surface area contributed by atoms with Crippen LogP contribution in [0.2, 0.25) is 0 Å². The van der Waals surface area contributed by atoms with E-state index in [2.05, 4.69) is 45.6 Å². The van der Waals surface area contributed by atoms with Crippen molar-refractivity contribution >= 4 is 5.82 Å². The second kappa shape index (κ2) is 7.76. The highest BCUT2D eigenvalue weighted by molar-refractivity contribution is 5.46. The van der Waals surface area contributed by atoms with E-state index in [0.29, 0.717) is 0 Å². The highest BCUT2D eigenvalue weighted by Crippen LogP contribution is 2.20. The van der Waals surface area contributed by atoms with Crippen LogP contribution in [-0.2, 0) is 19.4 Å². The maximum absolute atomic E-state index is 4.51. The Bertz CT molecular complexity index is 562. The van der Waals surface area contributed by atoms with Crippen molar-refractivity contribution in [3.05, 3.63) is 35.8 Å². The summed E-state index contributed by atoms with van der Waals surface area (Å²) in [6.45, 7) is 8.35. The highest BCUT2D eigenvalue weighted by atomic mass is 15.1. The highest BCUT2D eigenvalue weighted by Gasteiger charge is 2.13. The Morgan fingerprint density at radius 1 is 1.10 bits per heavy atom. The van der Waals surface area contributed by atoms with E-state index < -0.39 is 0 Å². The second-order valence-corrected chi connectivity index (χ2v) is 5.13. The maximum atomic E-state index is 4.51. The SMILES string of the molecule is CCCNc1ncnc(Cc2nccn2CC)c1CCC. The Morgan fingerprint density at radius 3 is 2.67 bits per heavy atom. The van der Waals surface area contributed by atoms with Gasteiger partial charge in [0.2, 0.25) is 0 Å². The van der Waals surface area contributed by atoms with E-state index in [1.807, 2.05) is 12.4 Å². The number of nitrogens with one attached hydrogen (secondary N) is 1. The van der Waals surface area contributed by atoms with Gasteiger partial charge in [-0.1, -0.05) is 20.3 Å². The molecule has 2 rings (SSSR count). The molecule has 0 amide bonds. The van der Waals surface area contributed by atoms with Gasteiger partial charge in [0.25, 0.3) is 0 Å². The van der Waals surface area contributed by atoms with Crippen molar-refractivity contribution in [1.29, 1.82) is 0 Å². The number of imidazole rings is 1. The normalized spacial score (nSPS) is 10.8. The summed E-state index contributed by atoms with van der Waals surface area (Å²) < 4.78 is 2.16. The molecule has 0 aliphatic heterocycles. The minimum atomic E-state index is 0.763. The fourth-order valence-corrected chi connectivity index (χ4v) is 2.45. The third-order valence-electron chi connectivity index (χ3n) is 3.54. The van der Waals surface area contributed by atoms with Gasteiger partial charge in [0, 0.05) is 37.5 Å². The zero-order valence-electron chi connectivity index (χ0n) is 13.3. The number of aromatic nitrogens is 4. The second-order valence-electron chi connectivity index (χ2n) is 5.13. The van der Waals surface area contributed by atoms with Crippen molar-refractivity contribution in [3.8, 4) is 0 Å². The fraction of sp³-hybridized carbons (Fsp3) is 0.562. The molecular weight excluding hydrogens is 262 g/mol. The van der Waals surface area contributed by atoms with E-state index in [0.717, 1.165) is 56.1 Å². The summed E-state index contributed by atoms with van der Waals surface area (Å²) in [6.07, 6.45) is 9.47. The molecule has 2 aromatic heterocycles. The first-order valence-corrected chi connectivity index (χ1v) is 7.86. The Labute approximate surface area is 126 Å². The van der Waals surface area contributed by atoms with Gasteiger partial charge in [0.05, 0.1) is 5.69 Å². The zero-order valence-corrected chi connectivity index (χ0v) is 13.3. The van der Waals surface area contributed by atoms with Gasteiger partial charge in [-0.25, -0.2) is 15.0 Å². The topological polar surface area (TPSA) is 55.6 Å². The van der Waals surface area contributed by atoms with Crippen molar-refractivity contribution < 1.29 is 0 Å². The van der Waals surface area contributed by atoms with Crippen molar-refractivity contribution in [3.63, 3.8) is 0 Å². The van der Waals surface area contributed by atoms with Crippen LogP contribution in [0.4, 0.5) is 5.82 Å². The standard InChI is InChI=1S/C16H25N5/c1-4-7-13-14(11-15-17-9-10-21(15)6-3)19-12-20-16(13)18-8-5-2/h9-10,12H,4-8,11H2,1-3H3,(H,18,19,20). The molecular formula is C16H25N5. The van der Waals surface area contributed by atoms with Gasteiger partial charge in [-0.05, 0) is 19.8 Å². The van der Waals surface area contributed by atoms with Gasteiger partial charge >= 0.3 is 0 Å². The van der Waals surface area contributed by atoms with Gasteiger partial charge in [-0.3, -0.25) is 0 Å². The lowest BCUT2D eigenvalue weighted by molar-refractivity contribution is 0.704. The van der Waals surface area contributed by atoms with Crippen LogP contribution in [0.3, 0.4) is 0 Å². The van der Waals surface area contributed by atoms with E-state index >= 15 is 0 Å². The van der Waals surface area contributed by atoms with Gasteiger partial charge in [-0.2, -0.15) is 0 Å². The summed E-state index contributed by atoms with van der Waals surface area (Å²) in [6, 6.07) is 0. The summed E-state index contributed by atoms with van der Waals surface area (Å²) >= 11 is 0. The number of rotatable bonds is 8. The molecule has 21 heavy (non-hydrogen) atoms. The Morgan fingerprint density at radius 2 is 1.95 bits per heavy atom. The molecule has 0 bridgehead atoms. The van der Waals surface area contributed by atoms with Crippen molar-refractivity contribution in [2.45, 2.75) is 53.0 Å². The smallest absolute Gasteiger partial charge is 0.132 e. The minimum Gasteiger partial charge on any atom is -0.370 e. The predicted molar refractivity (Wildman–Crippen MR) is 85.5 cm³/mol. The summed E-state index contributed by atoms with van der Waals surface area (Å²) in [5.41, 5.74) is 2.32. The molecule has 0 atom stereocenters. The molecule has 114 valence electrons. The Kier molecular flexibility index (Phi) is 5.72. The van der Waals surface area contributed by atoms with Crippen molar-refractivity contribution in [2.24, 2.45) is 0 Å². The minimum absolute atomic E-state index is 0.763. The Hall–Kier alpha value is -1.91. The molecule has 2 aromatic rings. The van der Waals surface area contributed by atoms with Crippen LogP contribution < -0.4 is 5.32 Å². The molecule has 0 radical (unpaired) electrons. The molecule has 0 aromatic carbocycles. The fourth-order valence-electron chi connectivity index (χ4n) is 2.45. The molecule has 0 aliphatic carbocycles. The largest absolute Gasteiger partial charge is 0.370 e. The monoisotopic (exact) mass is 287 g/mol. The van der Waals surface area contributed by atoms with E-state index in [9.17, 15) is 0 Å². The molecule has 0 fully saturated rings. The lowest BCUT2D eigenvalue weighted by Crippen LogP contribution is -2.11. The summed E-state index contributed by atoms with van der Waals surface area (Å²) in [7, 11) is 0. The first-order chi connectivity index (χ1) is 10.3. The van der Waals surface area contributed by atoms with Gasteiger partial charge < -0.3 is 9.88 Å². The molecule has 0 aliphatic rings. The number of nitrogens with zero attached hydrogens (tertiary/aromatic N) is 4. The van der Waals surface area contributed by atoms with E-state index in [1.165, 1.54) is 5.56 Å². The van der Waals surface area contributed by atoms with Crippen LogP contribution in [0.15, 0.2) is 18.7 Å². The molecule has 1 N–H and O–H groups in total. The summed E-state index contributed by atoms with van der Waals surface area (Å²) in [5.74, 6) is 2.05. The number of aryl methyl sites for hydroxylation is 1. The van der Waals surface area contributed by atoms with Crippen LogP contribution >= 0.6 is 0 Å².